The van der Waals surface area contributed by atoms with Crippen LogP contribution in [-0.4, -0.2) is 13.1 Å². The highest BCUT2D eigenvalue weighted by molar-refractivity contribution is 7.09. The van der Waals surface area contributed by atoms with Gasteiger partial charge in [0.15, 0.2) is 0 Å². The van der Waals surface area contributed by atoms with Crippen molar-refractivity contribution >= 4 is 22.9 Å². The number of likely N-dealkylation sites (N-methyl/N-ethyl adjacent to an activating group) is 1. The van der Waals surface area contributed by atoms with Gasteiger partial charge in [-0.1, -0.05) is 48.7 Å². The summed E-state index contributed by atoms with van der Waals surface area (Å²) in [5.74, 6) is 0. The summed E-state index contributed by atoms with van der Waals surface area (Å²) in [6, 6.07) is 13.0. The van der Waals surface area contributed by atoms with Crippen LogP contribution in [0.1, 0.15) is 36.1 Å². The molecular formula is C18H23ClN2S. The second kappa shape index (κ2) is 7.14. The summed E-state index contributed by atoms with van der Waals surface area (Å²) >= 11 is 8.33. The fourth-order valence-corrected chi connectivity index (χ4v) is 4.63. The molecule has 1 fully saturated rings. The Kier molecular flexibility index (Phi) is 5.19. The predicted molar refractivity (Wildman–Crippen MR) is 95.6 cm³/mol. The van der Waals surface area contributed by atoms with Crippen LogP contribution < -0.4 is 10.6 Å². The molecule has 0 aliphatic heterocycles. The van der Waals surface area contributed by atoms with Gasteiger partial charge in [-0.2, -0.15) is 0 Å². The van der Waals surface area contributed by atoms with E-state index in [9.17, 15) is 0 Å². The lowest BCUT2D eigenvalue weighted by Gasteiger charge is -2.45. The molecule has 22 heavy (non-hydrogen) atoms. The van der Waals surface area contributed by atoms with Gasteiger partial charge in [0.2, 0.25) is 0 Å². The van der Waals surface area contributed by atoms with E-state index in [4.69, 9.17) is 11.6 Å². The van der Waals surface area contributed by atoms with E-state index in [1.165, 1.54) is 29.7 Å². The lowest BCUT2D eigenvalue weighted by molar-refractivity contribution is 0.177. The van der Waals surface area contributed by atoms with Crippen molar-refractivity contribution in [2.45, 2.75) is 43.8 Å². The van der Waals surface area contributed by atoms with Crippen LogP contribution in [0.15, 0.2) is 41.8 Å². The van der Waals surface area contributed by atoms with Gasteiger partial charge in [-0.25, -0.2) is 0 Å². The molecular weight excluding hydrogens is 312 g/mol. The molecule has 1 aliphatic rings. The Labute approximate surface area is 141 Å². The van der Waals surface area contributed by atoms with Gasteiger partial charge in [-0.15, -0.1) is 11.3 Å². The van der Waals surface area contributed by atoms with E-state index in [0.717, 1.165) is 18.0 Å². The molecule has 0 bridgehead atoms. The molecule has 1 aromatic heterocycles. The second-order valence-electron chi connectivity index (χ2n) is 5.96. The quantitative estimate of drug-likeness (QED) is 0.838. The lowest BCUT2D eigenvalue weighted by Crippen LogP contribution is -2.57. The molecule has 4 heteroatoms. The minimum Gasteiger partial charge on any atom is -0.309 e. The molecule has 1 heterocycles. The number of thiophene rings is 1. The first-order valence-electron chi connectivity index (χ1n) is 7.96. The van der Waals surface area contributed by atoms with E-state index in [2.05, 4.69) is 47.3 Å². The summed E-state index contributed by atoms with van der Waals surface area (Å²) in [7, 11) is 2.06. The largest absolute Gasteiger partial charge is 0.309 e. The fourth-order valence-electron chi connectivity index (χ4n) is 3.67. The molecule has 1 saturated carbocycles. The summed E-state index contributed by atoms with van der Waals surface area (Å²) in [6.07, 6.45) is 4.81. The van der Waals surface area contributed by atoms with E-state index in [0.29, 0.717) is 6.04 Å². The van der Waals surface area contributed by atoms with Gasteiger partial charge < -0.3 is 10.6 Å². The Morgan fingerprint density at radius 2 is 2.09 bits per heavy atom. The topological polar surface area (TPSA) is 24.1 Å². The van der Waals surface area contributed by atoms with E-state index >= 15 is 0 Å². The first-order chi connectivity index (χ1) is 10.8. The first-order valence-corrected chi connectivity index (χ1v) is 9.22. The molecule has 1 aromatic carbocycles. The van der Waals surface area contributed by atoms with Crippen LogP contribution in [-0.2, 0) is 12.1 Å². The zero-order valence-corrected chi connectivity index (χ0v) is 14.5. The summed E-state index contributed by atoms with van der Waals surface area (Å²) in [6.45, 7) is 0.927. The van der Waals surface area contributed by atoms with Gasteiger partial charge in [-0.3, -0.25) is 0 Å². The van der Waals surface area contributed by atoms with Crippen molar-refractivity contribution in [2.75, 3.05) is 7.05 Å². The van der Waals surface area contributed by atoms with Crippen molar-refractivity contribution in [2.24, 2.45) is 0 Å². The van der Waals surface area contributed by atoms with Crippen LogP contribution in [0, 0.1) is 0 Å². The third-order valence-corrected chi connectivity index (χ3v) is 6.02. The summed E-state index contributed by atoms with van der Waals surface area (Å²) in [4.78, 5) is 1.38. The van der Waals surface area contributed by atoms with Gasteiger partial charge >= 0.3 is 0 Å². The Bertz CT molecular complexity index is 599. The number of hydrogen-bond donors (Lipinski definition) is 2. The van der Waals surface area contributed by atoms with Crippen LogP contribution in [0.4, 0.5) is 0 Å². The third-order valence-electron chi connectivity index (χ3n) is 4.81. The molecule has 2 aromatic rings. The molecule has 3 rings (SSSR count). The van der Waals surface area contributed by atoms with Crippen molar-refractivity contribution in [3.8, 4) is 0 Å². The maximum Gasteiger partial charge on any atom is 0.0602 e. The van der Waals surface area contributed by atoms with Crippen molar-refractivity contribution in [1.29, 1.82) is 0 Å². The minimum absolute atomic E-state index is 0.0755. The van der Waals surface area contributed by atoms with Gasteiger partial charge in [0.05, 0.1) is 5.54 Å². The van der Waals surface area contributed by atoms with Crippen molar-refractivity contribution < 1.29 is 0 Å². The van der Waals surface area contributed by atoms with Crippen LogP contribution in [0.25, 0.3) is 0 Å². The standard InChI is InChI=1S/C18H23ClN2S/c1-20-18(15-8-2-3-9-16(15)19)11-5-4-10-17(18)21-13-14-7-6-12-22-14/h2-3,6-9,12,17,20-21H,4-5,10-11,13H2,1H3/t17-,18+/m0/s1. The normalized spacial score (nSPS) is 25.3. The Hall–Kier alpha value is -0.870. The summed E-state index contributed by atoms with van der Waals surface area (Å²) in [5, 5.41) is 10.4. The van der Waals surface area contributed by atoms with Gasteiger partial charge in [0.25, 0.3) is 0 Å². The SMILES string of the molecule is CN[C@@]1(c2ccccc2Cl)CCCC[C@@H]1NCc1cccs1. The van der Waals surface area contributed by atoms with Crippen LogP contribution in [0.3, 0.4) is 0 Å². The second-order valence-corrected chi connectivity index (χ2v) is 7.40. The molecule has 2 atom stereocenters. The van der Waals surface area contributed by atoms with Crippen LogP contribution in [0.5, 0.6) is 0 Å². The predicted octanol–water partition coefficient (Wildman–Crippen LogP) is 4.55. The number of rotatable bonds is 5. The summed E-state index contributed by atoms with van der Waals surface area (Å²) in [5.41, 5.74) is 1.15. The Morgan fingerprint density at radius 3 is 2.82 bits per heavy atom. The van der Waals surface area contributed by atoms with Crippen molar-refractivity contribution in [1.82, 2.24) is 10.6 Å². The highest BCUT2D eigenvalue weighted by Gasteiger charge is 2.41. The smallest absolute Gasteiger partial charge is 0.0602 e. The van der Waals surface area contributed by atoms with Crippen LogP contribution in [0.2, 0.25) is 5.02 Å². The Morgan fingerprint density at radius 1 is 1.23 bits per heavy atom. The monoisotopic (exact) mass is 334 g/mol. The average Bonchev–Trinajstić information content (AvgIpc) is 3.07. The third kappa shape index (κ3) is 3.09. The molecule has 0 spiro atoms. The van der Waals surface area contributed by atoms with Crippen molar-refractivity contribution in [3.05, 3.63) is 57.2 Å². The maximum absolute atomic E-state index is 6.53. The fraction of sp³-hybridized carbons (Fsp3) is 0.444. The minimum atomic E-state index is -0.0755. The van der Waals surface area contributed by atoms with E-state index in [-0.39, 0.29) is 5.54 Å². The molecule has 2 nitrogen and oxygen atoms in total. The molecule has 0 unspecified atom stereocenters. The molecule has 0 amide bonds. The lowest BCUT2D eigenvalue weighted by atomic mass is 9.72. The number of nitrogens with one attached hydrogen (secondary N) is 2. The zero-order chi connectivity index (χ0) is 15.4. The van der Waals surface area contributed by atoms with Crippen LogP contribution >= 0.6 is 22.9 Å². The van der Waals surface area contributed by atoms with Gasteiger partial charge in [-0.05, 0) is 43.0 Å². The highest BCUT2D eigenvalue weighted by Crippen LogP contribution is 2.40. The van der Waals surface area contributed by atoms with E-state index in [1.807, 2.05) is 23.5 Å². The Balaban J connectivity index is 1.87. The number of hydrogen-bond acceptors (Lipinski definition) is 3. The van der Waals surface area contributed by atoms with Gasteiger partial charge in [0.1, 0.15) is 0 Å². The van der Waals surface area contributed by atoms with Gasteiger partial charge in [0, 0.05) is 22.5 Å². The van der Waals surface area contributed by atoms with E-state index < -0.39 is 0 Å². The maximum atomic E-state index is 6.53. The first kappa shape index (κ1) is 16.0. The molecule has 1 aliphatic carbocycles. The molecule has 0 saturated heterocycles. The number of benzene rings is 1. The summed E-state index contributed by atoms with van der Waals surface area (Å²) < 4.78 is 0. The molecule has 0 radical (unpaired) electrons. The average molecular weight is 335 g/mol. The van der Waals surface area contributed by atoms with E-state index in [1.54, 1.807) is 0 Å². The molecule has 118 valence electrons. The van der Waals surface area contributed by atoms with Crippen molar-refractivity contribution in [3.63, 3.8) is 0 Å². The highest BCUT2D eigenvalue weighted by atomic mass is 35.5. The zero-order valence-electron chi connectivity index (χ0n) is 12.9. The molecule has 2 N–H and O–H groups in total. The number of halogens is 1.